The highest BCUT2D eigenvalue weighted by Crippen LogP contribution is 2.23. The number of nitrogens with zero attached hydrogens (tertiary/aromatic N) is 2. The molecule has 1 fully saturated rings. The molecule has 9 nitrogen and oxygen atoms in total. The average molecular weight is 379 g/mol. The van der Waals surface area contributed by atoms with Gasteiger partial charge in [0.2, 0.25) is 5.91 Å². The Morgan fingerprint density at radius 3 is 2.25 bits per heavy atom. The second-order valence-corrected chi connectivity index (χ2v) is 6.17. The minimum Gasteiger partial charge on any atom is -0.329 e. The van der Waals surface area contributed by atoms with Crippen molar-refractivity contribution in [3.63, 3.8) is 0 Å². The van der Waals surface area contributed by atoms with Gasteiger partial charge in [-0.05, 0) is 29.8 Å². The van der Waals surface area contributed by atoms with E-state index < -0.39 is 23.8 Å². The summed E-state index contributed by atoms with van der Waals surface area (Å²) in [7, 11) is 0. The average Bonchev–Trinajstić information content (AvgIpc) is 3.14. The van der Waals surface area contributed by atoms with Crippen molar-refractivity contribution in [2.75, 3.05) is 6.54 Å². The molecule has 0 unspecified atom stereocenters. The predicted molar refractivity (Wildman–Crippen MR) is 92.7 cm³/mol. The Labute approximate surface area is 158 Å². The molecule has 1 N–H and O–H groups in total. The van der Waals surface area contributed by atoms with E-state index >= 15 is 0 Å². The van der Waals surface area contributed by atoms with Crippen molar-refractivity contribution in [3.05, 3.63) is 70.8 Å². The summed E-state index contributed by atoms with van der Waals surface area (Å²) in [6.45, 7) is -0.0842. The molecule has 28 heavy (non-hydrogen) atoms. The second-order valence-electron chi connectivity index (χ2n) is 6.17. The monoisotopic (exact) mass is 379 g/mol. The normalized spacial score (nSPS) is 15.7. The van der Waals surface area contributed by atoms with Crippen molar-refractivity contribution in [1.82, 2.24) is 15.3 Å². The van der Waals surface area contributed by atoms with Crippen LogP contribution in [0.15, 0.2) is 48.5 Å². The van der Waals surface area contributed by atoms with E-state index in [1.807, 2.05) is 0 Å². The summed E-state index contributed by atoms with van der Waals surface area (Å²) >= 11 is 0. The van der Waals surface area contributed by atoms with Crippen molar-refractivity contribution >= 4 is 29.7 Å². The number of carbonyl (C=O) groups excluding carboxylic acids is 5. The van der Waals surface area contributed by atoms with Crippen LogP contribution in [0.1, 0.15) is 36.6 Å². The Morgan fingerprint density at radius 1 is 0.964 bits per heavy atom. The van der Waals surface area contributed by atoms with Gasteiger partial charge in [0.1, 0.15) is 0 Å². The number of urea groups is 1. The molecule has 140 valence electrons. The number of fused-ring (bicyclic) bond motifs is 1. The molecule has 0 atom stereocenters. The van der Waals surface area contributed by atoms with Crippen LogP contribution in [0.3, 0.4) is 0 Å². The van der Waals surface area contributed by atoms with Gasteiger partial charge in [0.15, 0.2) is 0 Å². The van der Waals surface area contributed by atoms with Crippen molar-refractivity contribution in [2.45, 2.75) is 6.54 Å². The molecule has 5 amide bonds. The van der Waals surface area contributed by atoms with Gasteiger partial charge in [-0.15, -0.1) is 0 Å². The third kappa shape index (κ3) is 2.88. The SMILES string of the molecule is O=C(ON1C(=O)c2ccccc2C1=O)c1cccc(CN2C(=O)CNC2=O)c1. The molecule has 0 bridgehead atoms. The highest BCUT2D eigenvalue weighted by atomic mass is 16.7. The first-order valence-corrected chi connectivity index (χ1v) is 8.33. The summed E-state index contributed by atoms with van der Waals surface area (Å²) in [5.41, 5.74) is 0.906. The molecule has 4 rings (SSSR count). The van der Waals surface area contributed by atoms with E-state index in [0.29, 0.717) is 10.6 Å². The Bertz CT molecular complexity index is 996. The fourth-order valence-electron chi connectivity index (χ4n) is 2.98. The van der Waals surface area contributed by atoms with Gasteiger partial charge >= 0.3 is 12.0 Å². The zero-order valence-electron chi connectivity index (χ0n) is 14.4. The van der Waals surface area contributed by atoms with Gasteiger partial charge in [0.05, 0.1) is 29.8 Å². The van der Waals surface area contributed by atoms with Crippen molar-refractivity contribution in [2.24, 2.45) is 0 Å². The molecule has 0 aliphatic carbocycles. The lowest BCUT2D eigenvalue weighted by atomic mass is 10.1. The predicted octanol–water partition coefficient (Wildman–Crippen LogP) is 1.11. The first-order chi connectivity index (χ1) is 13.5. The third-order valence-electron chi connectivity index (χ3n) is 4.37. The third-order valence-corrected chi connectivity index (χ3v) is 4.37. The number of carbonyl (C=O) groups is 5. The van der Waals surface area contributed by atoms with Crippen molar-refractivity contribution in [3.8, 4) is 0 Å². The summed E-state index contributed by atoms with van der Waals surface area (Å²) in [4.78, 5) is 66.4. The molecule has 0 aromatic heterocycles. The topological polar surface area (TPSA) is 113 Å². The first-order valence-electron chi connectivity index (χ1n) is 8.33. The van der Waals surface area contributed by atoms with Crippen LogP contribution in [-0.2, 0) is 16.2 Å². The molecule has 2 aromatic carbocycles. The number of hydrogen-bond donors (Lipinski definition) is 1. The summed E-state index contributed by atoms with van der Waals surface area (Å²) in [6, 6.07) is 11.7. The van der Waals surface area contributed by atoms with Crippen molar-refractivity contribution < 1.29 is 28.8 Å². The zero-order chi connectivity index (χ0) is 19.8. The second kappa shape index (κ2) is 6.62. The summed E-state index contributed by atoms with van der Waals surface area (Å²) in [5, 5.41) is 2.84. The van der Waals surface area contributed by atoms with Crippen LogP contribution in [0.25, 0.3) is 0 Å². The van der Waals surface area contributed by atoms with Crippen LogP contribution in [-0.4, -0.2) is 46.2 Å². The highest BCUT2D eigenvalue weighted by Gasteiger charge is 2.38. The van der Waals surface area contributed by atoms with Gasteiger partial charge in [0.25, 0.3) is 11.8 Å². The lowest BCUT2D eigenvalue weighted by Crippen LogP contribution is -2.33. The maximum atomic E-state index is 12.4. The maximum absolute atomic E-state index is 12.4. The quantitative estimate of drug-likeness (QED) is 0.629. The largest absolute Gasteiger partial charge is 0.363 e. The van der Waals surface area contributed by atoms with Crippen LogP contribution < -0.4 is 5.32 Å². The zero-order valence-corrected chi connectivity index (χ0v) is 14.4. The summed E-state index contributed by atoms with van der Waals surface area (Å²) in [6.07, 6.45) is 0. The van der Waals surface area contributed by atoms with E-state index in [-0.39, 0.29) is 35.7 Å². The van der Waals surface area contributed by atoms with E-state index in [1.54, 1.807) is 24.3 Å². The van der Waals surface area contributed by atoms with E-state index in [0.717, 1.165) is 4.90 Å². The van der Waals surface area contributed by atoms with E-state index in [9.17, 15) is 24.0 Å². The Kier molecular flexibility index (Phi) is 4.11. The number of imide groups is 2. The van der Waals surface area contributed by atoms with Gasteiger partial charge in [-0.1, -0.05) is 29.3 Å². The fourth-order valence-corrected chi connectivity index (χ4v) is 2.98. The van der Waals surface area contributed by atoms with E-state index in [1.165, 1.54) is 24.3 Å². The Morgan fingerprint density at radius 2 is 1.64 bits per heavy atom. The van der Waals surface area contributed by atoms with Gasteiger partial charge in [-0.2, -0.15) is 0 Å². The van der Waals surface area contributed by atoms with Crippen LogP contribution in [0.4, 0.5) is 4.79 Å². The smallest absolute Gasteiger partial charge is 0.329 e. The molecule has 2 heterocycles. The molecule has 2 aliphatic heterocycles. The molecular weight excluding hydrogens is 366 g/mol. The van der Waals surface area contributed by atoms with Crippen molar-refractivity contribution in [1.29, 1.82) is 0 Å². The molecule has 2 aliphatic rings. The minimum atomic E-state index is -0.909. The number of hydrogen-bond acceptors (Lipinski definition) is 6. The highest BCUT2D eigenvalue weighted by molar-refractivity contribution is 6.21. The molecule has 0 saturated carbocycles. The van der Waals surface area contributed by atoms with Gasteiger partial charge < -0.3 is 10.2 Å². The standard InChI is InChI=1S/C19H13N3O6/c23-15-9-20-19(27)21(15)10-11-4-3-5-12(8-11)18(26)28-22-16(24)13-6-1-2-7-14(13)17(22)25/h1-8H,9-10H2,(H,20,27). The minimum absolute atomic E-state index is 0.0151. The van der Waals surface area contributed by atoms with Crippen LogP contribution in [0.2, 0.25) is 0 Å². The molecule has 9 heteroatoms. The Hall–Kier alpha value is -4.01. The van der Waals surface area contributed by atoms with Crippen LogP contribution >= 0.6 is 0 Å². The van der Waals surface area contributed by atoms with Crippen LogP contribution in [0, 0.1) is 0 Å². The first kappa shape index (κ1) is 17.4. The molecule has 2 aromatic rings. The Balaban J connectivity index is 1.50. The van der Waals surface area contributed by atoms with Gasteiger partial charge in [-0.3, -0.25) is 19.3 Å². The molecule has 0 radical (unpaired) electrons. The molecule has 1 saturated heterocycles. The lowest BCUT2D eigenvalue weighted by Gasteiger charge is -2.14. The number of hydroxylamine groups is 2. The van der Waals surface area contributed by atoms with Gasteiger partial charge in [-0.25, -0.2) is 9.59 Å². The number of benzene rings is 2. The fraction of sp³-hybridized carbons (Fsp3) is 0.105. The number of amides is 5. The number of nitrogens with one attached hydrogen (secondary N) is 1. The van der Waals surface area contributed by atoms with Crippen LogP contribution in [0.5, 0.6) is 0 Å². The van der Waals surface area contributed by atoms with E-state index in [4.69, 9.17) is 4.84 Å². The molecule has 0 spiro atoms. The van der Waals surface area contributed by atoms with E-state index in [2.05, 4.69) is 5.32 Å². The summed E-state index contributed by atoms with van der Waals surface area (Å²) < 4.78 is 0. The van der Waals surface area contributed by atoms with Gasteiger partial charge in [0, 0.05) is 0 Å². The number of rotatable bonds is 4. The maximum Gasteiger partial charge on any atom is 0.363 e. The summed E-state index contributed by atoms with van der Waals surface area (Å²) in [5.74, 6) is -2.72. The molecular formula is C19H13N3O6. The lowest BCUT2D eigenvalue weighted by molar-refractivity contribution is -0.125.